The number of aromatic nitrogens is 2. The van der Waals surface area contributed by atoms with Crippen molar-refractivity contribution in [2.45, 2.75) is 0 Å². The van der Waals surface area contributed by atoms with Gasteiger partial charge in [0.1, 0.15) is 0 Å². The summed E-state index contributed by atoms with van der Waals surface area (Å²) in [7, 11) is 1.75. The third-order valence-electron chi connectivity index (χ3n) is 1.13. The Labute approximate surface area is 77.1 Å². The summed E-state index contributed by atoms with van der Waals surface area (Å²) in [6, 6.07) is 0. The molecule has 1 amide bonds. The number of halogens is 1. The molecule has 1 rings (SSSR count). The van der Waals surface area contributed by atoms with Crippen LogP contribution in [0.2, 0.25) is 0 Å². The lowest BCUT2D eigenvalue weighted by Crippen LogP contribution is -2.30. The molecule has 0 unspecified atom stereocenters. The number of hydrogen-bond acceptors (Lipinski definition) is 3. The van der Waals surface area contributed by atoms with Crippen molar-refractivity contribution in [3.8, 4) is 0 Å². The van der Waals surface area contributed by atoms with E-state index in [4.69, 9.17) is 5.84 Å². The van der Waals surface area contributed by atoms with Crippen molar-refractivity contribution in [2.75, 3.05) is 0 Å². The molecular formula is C5H7IN4O. The van der Waals surface area contributed by atoms with Gasteiger partial charge in [-0.25, -0.2) is 5.84 Å². The van der Waals surface area contributed by atoms with Crippen LogP contribution in [0.25, 0.3) is 0 Å². The van der Waals surface area contributed by atoms with Crippen LogP contribution >= 0.6 is 22.6 Å². The van der Waals surface area contributed by atoms with Crippen LogP contribution in [0.5, 0.6) is 0 Å². The second-order valence-electron chi connectivity index (χ2n) is 1.97. The molecule has 5 nitrogen and oxygen atoms in total. The molecule has 1 heterocycles. The van der Waals surface area contributed by atoms with Crippen LogP contribution in [-0.4, -0.2) is 15.7 Å². The van der Waals surface area contributed by atoms with Crippen LogP contribution in [0.1, 0.15) is 10.5 Å². The Morgan fingerprint density at radius 1 is 1.91 bits per heavy atom. The monoisotopic (exact) mass is 266 g/mol. The fourth-order valence-electron chi connectivity index (χ4n) is 0.682. The average Bonchev–Trinajstić information content (AvgIpc) is 2.28. The maximum atomic E-state index is 10.9. The van der Waals surface area contributed by atoms with Crippen molar-refractivity contribution in [1.29, 1.82) is 0 Å². The number of hydrazine groups is 1. The zero-order valence-corrected chi connectivity index (χ0v) is 7.99. The highest BCUT2D eigenvalue weighted by Crippen LogP contribution is 2.08. The Morgan fingerprint density at radius 3 is 2.91 bits per heavy atom. The average molecular weight is 266 g/mol. The van der Waals surface area contributed by atoms with Gasteiger partial charge in [0, 0.05) is 13.2 Å². The zero-order chi connectivity index (χ0) is 8.43. The van der Waals surface area contributed by atoms with Crippen LogP contribution in [0.15, 0.2) is 6.20 Å². The van der Waals surface area contributed by atoms with Gasteiger partial charge in [-0.2, -0.15) is 5.10 Å². The van der Waals surface area contributed by atoms with E-state index < -0.39 is 0 Å². The van der Waals surface area contributed by atoms with Crippen molar-refractivity contribution in [3.63, 3.8) is 0 Å². The zero-order valence-electron chi connectivity index (χ0n) is 5.84. The van der Waals surface area contributed by atoms with Crippen molar-refractivity contribution >= 4 is 28.5 Å². The fraction of sp³-hybridized carbons (Fsp3) is 0.200. The molecule has 0 aliphatic carbocycles. The van der Waals surface area contributed by atoms with Gasteiger partial charge in [-0.15, -0.1) is 0 Å². The maximum absolute atomic E-state index is 10.9. The van der Waals surface area contributed by atoms with Gasteiger partial charge in [0.25, 0.3) is 5.91 Å². The molecule has 0 bridgehead atoms. The van der Waals surface area contributed by atoms with Crippen LogP contribution in [0.4, 0.5) is 0 Å². The molecule has 6 heteroatoms. The predicted octanol–water partition coefficient (Wildman–Crippen LogP) is -0.372. The Bertz CT molecular complexity index is 282. The number of amides is 1. The molecule has 0 saturated heterocycles. The number of aryl methyl sites for hydroxylation is 1. The Morgan fingerprint density at radius 2 is 2.55 bits per heavy atom. The Kier molecular flexibility index (Phi) is 2.45. The Hall–Kier alpha value is -0.630. The molecule has 3 N–H and O–H groups in total. The molecule has 1 aromatic heterocycles. The molecule has 0 spiro atoms. The minimum atomic E-state index is -0.366. The minimum absolute atomic E-state index is 0.357. The highest BCUT2D eigenvalue weighted by molar-refractivity contribution is 14.1. The van der Waals surface area contributed by atoms with E-state index in [1.54, 1.807) is 17.9 Å². The fourth-order valence-corrected chi connectivity index (χ4v) is 1.44. The second kappa shape index (κ2) is 3.18. The van der Waals surface area contributed by atoms with Crippen molar-refractivity contribution in [2.24, 2.45) is 12.9 Å². The van der Waals surface area contributed by atoms with Gasteiger partial charge in [-0.1, -0.05) is 0 Å². The number of carbonyl (C=O) groups excluding carboxylic acids is 1. The number of nitrogens with zero attached hydrogens (tertiary/aromatic N) is 2. The number of nitrogens with two attached hydrogens (primary N) is 1. The number of hydrogen-bond donors (Lipinski definition) is 2. The van der Waals surface area contributed by atoms with E-state index in [0.717, 1.165) is 3.57 Å². The third-order valence-corrected chi connectivity index (χ3v) is 1.92. The van der Waals surface area contributed by atoms with E-state index in [1.807, 2.05) is 28.0 Å². The van der Waals surface area contributed by atoms with Crippen molar-refractivity contribution in [1.82, 2.24) is 15.2 Å². The number of carbonyl (C=O) groups is 1. The summed E-state index contributed by atoms with van der Waals surface area (Å²) >= 11 is 2.02. The van der Waals surface area contributed by atoms with Crippen molar-refractivity contribution in [3.05, 3.63) is 15.5 Å². The highest BCUT2D eigenvalue weighted by Gasteiger charge is 2.11. The van der Waals surface area contributed by atoms with Crippen LogP contribution < -0.4 is 11.3 Å². The van der Waals surface area contributed by atoms with E-state index in [-0.39, 0.29) is 5.91 Å². The van der Waals surface area contributed by atoms with E-state index in [9.17, 15) is 4.79 Å². The van der Waals surface area contributed by atoms with Gasteiger partial charge in [-0.05, 0) is 22.6 Å². The third kappa shape index (κ3) is 1.69. The Balaban J connectivity index is 3.03. The van der Waals surface area contributed by atoms with Gasteiger partial charge in [0.05, 0.1) is 3.57 Å². The largest absolute Gasteiger partial charge is 0.289 e. The number of nitrogen functional groups attached to an aromatic ring is 1. The molecule has 0 aliphatic rings. The molecule has 0 radical (unpaired) electrons. The lowest BCUT2D eigenvalue weighted by molar-refractivity contribution is 0.0947. The highest BCUT2D eigenvalue weighted by atomic mass is 127. The molecule has 0 aromatic carbocycles. The molecule has 0 saturated carbocycles. The predicted molar refractivity (Wildman–Crippen MR) is 47.6 cm³/mol. The molecule has 60 valence electrons. The van der Waals surface area contributed by atoms with Crippen LogP contribution in [0, 0.1) is 3.57 Å². The second-order valence-corrected chi connectivity index (χ2v) is 3.13. The molecule has 0 fully saturated rings. The summed E-state index contributed by atoms with van der Waals surface area (Å²) < 4.78 is 2.35. The lowest BCUT2D eigenvalue weighted by atomic mass is 10.4. The lowest BCUT2D eigenvalue weighted by Gasteiger charge is -1.92. The van der Waals surface area contributed by atoms with E-state index in [1.165, 1.54) is 0 Å². The summed E-state index contributed by atoms with van der Waals surface area (Å²) in [6.07, 6.45) is 1.74. The molecular weight excluding hydrogens is 259 g/mol. The first kappa shape index (κ1) is 8.47. The summed E-state index contributed by atoms with van der Waals surface area (Å²) in [5.41, 5.74) is 2.37. The first-order valence-corrected chi connectivity index (χ1v) is 3.93. The maximum Gasteiger partial charge on any atom is 0.286 e. The molecule has 0 atom stereocenters. The summed E-state index contributed by atoms with van der Waals surface area (Å²) in [4.78, 5) is 10.9. The van der Waals surface area contributed by atoms with E-state index in [0.29, 0.717) is 5.69 Å². The van der Waals surface area contributed by atoms with Crippen molar-refractivity contribution < 1.29 is 4.79 Å². The van der Waals surface area contributed by atoms with E-state index >= 15 is 0 Å². The normalized spacial score (nSPS) is 9.73. The van der Waals surface area contributed by atoms with Gasteiger partial charge in [0.2, 0.25) is 0 Å². The first-order valence-electron chi connectivity index (χ1n) is 2.85. The number of nitrogens with one attached hydrogen (secondary N) is 1. The SMILES string of the molecule is Cn1cc(I)c(C(=O)NN)n1. The van der Waals surface area contributed by atoms with Gasteiger partial charge in [0.15, 0.2) is 5.69 Å². The van der Waals surface area contributed by atoms with E-state index in [2.05, 4.69) is 5.10 Å². The smallest absolute Gasteiger partial charge is 0.286 e. The van der Waals surface area contributed by atoms with Gasteiger partial charge >= 0.3 is 0 Å². The van der Waals surface area contributed by atoms with Crippen LogP contribution in [-0.2, 0) is 7.05 Å². The standard InChI is InChI=1S/C5H7IN4O/c1-10-2-3(6)4(9-10)5(11)8-7/h2H,7H2,1H3,(H,8,11). The first-order chi connectivity index (χ1) is 5.15. The quantitative estimate of drug-likeness (QED) is 0.315. The minimum Gasteiger partial charge on any atom is -0.289 e. The summed E-state index contributed by atoms with van der Waals surface area (Å²) in [6.45, 7) is 0. The number of rotatable bonds is 1. The molecule has 0 aliphatic heterocycles. The molecule has 1 aromatic rings. The molecule has 11 heavy (non-hydrogen) atoms. The van der Waals surface area contributed by atoms with Crippen LogP contribution in [0.3, 0.4) is 0 Å². The van der Waals surface area contributed by atoms with Gasteiger partial charge in [-0.3, -0.25) is 14.9 Å². The summed E-state index contributed by atoms with van der Waals surface area (Å²) in [5.74, 6) is 4.56. The van der Waals surface area contributed by atoms with Gasteiger partial charge < -0.3 is 0 Å². The summed E-state index contributed by atoms with van der Waals surface area (Å²) in [5, 5.41) is 3.90. The topological polar surface area (TPSA) is 72.9 Å².